The first-order chi connectivity index (χ1) is 12.7. The summed E-state index contributed by atoms with van der Waals surface area (Å²) >= 11 is 0. The van der Waals surface area contributed by atoms with Gasteiger partial charge in [-0.25, -0.2) is 4.98 Å². The molecule has 1 aromatic rings. The normalized spacial score (nSPS) is 19.2. The van der Waals surface area contributed by atoms with Gasteiger partial charge in [0.05, 0.1) is 6.54 Å². The fraction of sp³-hybridized carbons (Fsp3) is 0.684. The van der Waals surface area contributed by atoms with Crippen LogP contribution in [0.3, 0.4) is 0 Å². The quantitative estimate of drug-likeness (QED) is 0.671. The van der Waals surface area contributed by atoms with Crippen molar-refractivity contribution >= 4 is 5.91 Å². The van der Waals surface area contributed by atoms with Crippen LogP contribution in [0.15, 0.2) is 22.6 Å². The number of amides is 1. The smallest absolute Gasteiger partial charge is 0.222 e. The molecule has 7 heteroatoms. The van der Waals surface area contributed by atoms with Crippen molar-refractivity contribution in [2.45, 2.75) is 57.8 Å². The Kier molecular flexibility index (Phi) is 6.04. The van der Waals surface area contributed by atoms with E-state index in [1.807, 2.05) is 17.3 Å². The zero-order valence-electron chi connectivity index (χ0n) is 15.6. The SMILES string of the molecule is C#CCCC1(CCC(=O)N2CCCN(Cc3nccn3CC)CC2)N=N1. The molecule has 1 fully saturated rings. The molecular weight excluding hydrogens is 328 g/mol. The van der Waals surface area contributed by atoms with Crippen LogP contribution in [-0.4, -0.2) is 57.1 Å². The summed E-state index contributed by atoms with van der Waals surface area (Å²) < 4.78 is 2.17. The molecule has 0 unspecified atom stereocenters. The molecule has 0 bridgehead atoms. The van der Waals surface area contributed by atoms with Gasteiger partial charge in [-0.2, -0.15) is 10.2 Å². The molecule has 2 aliphatic heterocycles. The minimum absolute atomic E-state index is 0.208. The zero-order chi connectivity index (χ0) is 18.4. The number of aromatic nitrogens is 2. The van der Waals surface area contributed by atoms with Gasteiger partial charge in [-0.3, -0.25) is 9.69 Å². The highest BCUT2D eigenvalue weighted by molar-refractivity contribution is 5.76. The predicted octanol–water partition coefficient (Wildman–Crippen LogP) is 2.29. The summed E-state index contributed by atoms with van der Waals surface area (Å²) in [5.74, 6) is 3.93. The van der Waals surface area contributed by atoms with Crippen molar-refractivity contribution in [3.63, 3.8) is 0 Å². The van der Waals surface area contributed by atoms with Gasteiger partial charge in [0.2, 0.25) is 5.91 Å². The van der Waals surface area contributed by atoms with Crippen molar-refractivity contribution < 1.29 is 4.79 Å². The molecule has 0 saturated carbocycles. The van der Waals surface area contributed by atoms with E-state index in [0.29, 0.717) is 19.3 Å². The van der Waals surface area contributed by atoms with Crippen LogP contribution in [0.1, 0.15) is 44.9 Å². The molecule has 0 radical (unpaired) electrons. The van der Waals surface area contributed by atoms with Crippen LogP contribution >= 0.6 is 0 Å². The van der Waals surface area contributed by atoms with Gasteiger partial charge in [0.1, 0.15) is 5.82 Å². The number of aryl methyl sites for hydroxylation is 1. The molecule has 0 aromatic carbocycles. The minimum atomic E-state index is -0.364. The molecule has 1 aromatic heterocycles. The third-order valence-electron chi connectivity index (χ3n) is 5.24. The summed E-state index contributed by atoms with van der Waals surface area (Å²) in [5.41, 5.74) is -0.364. The van der Waals surface area contributed by atoms with Gasteiger partial charge in [0.15, 0.2) is 5.66 Å². The molecule has 0 aliphatic carbocycles. The lowest BCUT2D eigenvalue weighted by Gasteiger charge is -2.22. The standard InChI is InChI=1S/C19H28N6O/c1-3-5-8-19(21-22-19)9-7-18(26)25-12-6-11-23(14-15-25)16-17-20-10-13-24(17)4-2/h1,10,13H,4-9,11-12,14-16H2,2H3. The number of carbonyl (C=O) groups excluding carboxylic acids is 1. The summed E-state index contributed by atoms with van der Waals surface area (Å²) in [6, 6.07) is 0. The van der Waals surface area contributed by atoms with Crippen molar-refractivity contribution in [3.05, 3.63) is 18.2 Å². The Labute approximate surface area is 155 Å². The molecule has 0 N–H and O–H groups in total. The Morgan fingerprint density at radius 3 is 2.85 bits per heavy atom. The van der Waals surface area contributed by atoms with E-state index in [-0.39, 0.29) is 11.6 Å². The molecule has 0 atom stereocenters. The second-order valence-corrected chi connectivity index (χ2v) is 7.03. The van der Waals surface area contributed by atoms with Crippen molar-refractivity contribution in [2.75, 3.05) is 26.2 Å². The molecule has 1 amide bonds. The highest BCUT2D eigenvalue weighted by Crippen LogP contribution is 2.37. The summed E-state index contributed by atoms with van der Waals surface area (Å²) in [6.45, 7) is 7.39. The second kappa shape index (κ2) is 8.45. The predicted molar refractivity (Wildman–Crippen MR) is 99.3 cm³/mol. The Morgan fingerprint density at radius 1 is 1.27 bits per heavy atom. The summed E-state index contributed by atoms with van der Waals surface area (Å²) in [7, 11) is 0. The molecule has 7 nitrogen and oxygen atoms in total. The molecular formula is C19H28N6O. The minimum Gasteiger partial charge on any atom is -0.341 e. The van der Waals surface area contributed by atoms with Gasteiger partial charge >= 0.3 is 0 Å². The van der Waals surface area contributed by atoms with Gasteiger partial charge in [0, 0.05) is 70.8 Å². The highest BCUT2D eigenvalue weighted by atomic mass is 16.2. The molecule has 26 heavy (non-hydrogen) atoms. The van der Waals surface area contributed by atoms with Crippen LogP contribution in [0.4, 0.5) is 0 Å². The van der Waals surface area contributed by atoms with E-state index in [1.165, 1.54) is 0 Å². The number of terminal acetylenes is 1. The summed E-state index contributed by atoms with van der Waals surface area (Å²) in [5, 5.41) is 8.24. The summed E-state index contributed by atoms with van der Waals surface area (Å²) in [4.78, 5) is 21.4. The average molecular weight is 356 g/mol. The lowest BCUT2D eigenvalue weighted by molar-refractivity contribution is -0.131. The first kappa shape index (κ1) is 18.6. The van der Waals surface area contributed by atoms with Crippen LogP contribution in [-0.2, 0) is 17.9 Å². The molecule has 2 aliphatic rings. The largest absolute Gasteiger partial charge is 0.341 e. The molecule has 3 heterocycles. The number of hydrogen-bond donors (Lipinski definition) is 0. The zero-order valence-corrected chi connectivity index (χ0v) is 15.6. The van der Waals surface area contributed by atoms with E-state index in [0.717, 1.165) is 57.9 Å². The Bertz CT molecular complexity index is 682. The molecule has 3 rings (SSSR count). The van der Waals surface area contributed by atoms with Crippen molar-refractivity contribution in [3.8, 4) is 12.3 Å². The fourth-order valence-corrected chi connectivity index (χ4v) is 3.49. The second-order valence-electron chi connectivity index (χ2n) is 7.03. The van der Waals surface area contributed by atoms with E-state index in [4.69, 9.17) is 6.42 Å². The fourth-order valence-electron chi connectivity index (χ4n) is 3.49. The Balaban J connectivity index is 1.44. The summed E-state index contributed by atoms with van der Waals surface area (Å²) in [6.07, 6.45) is 12.8. The number of rotatable bonds is 8. The van der Waals surface area contributed by atoms with Crippen molar-refractivity contribution in [2.24, 2.45) is 10.2 Å². The van der Waals surface area contributed by atoms with Crippen LogP contribution in [0.2, 0.25) is 0 Å². The lowest BCUT2D eigenvalue weighted by atomic mass is 10.0. The monoisotopic (exact) mass is 356 g/mol. The van der Waals surface area contributed by atoms with Crippen LogP contribution in [0.25, 0.3) is 0 Å². The van der Waals surface area contributed by atoms with Crippen LogP contribution < -0.4 is 0 Å². The van der Waals surface area contributed by atoms with Crippen molar-refractivity contribution in [1.82, 2.24) is 19.4 Å². The highest BCUT2D eigenvalue weighted by Gasteiger charge is 2.39. The van der Waals surface area contributed by atoms with Gasteiger partial charge in [-0.05, 0) is 13.3 Å². The van der Waals surface area contributed by atoms with E-state index in [9.17, 15) is 4.79 Å². The molecule has 1 saturated heterocycles. The number of imidazole rings is 1. The maximum Gasteiger partial charge on any atom is 0.222 e. The first-order valence-corrected chi connectivity index (χ1v) is 9.53. The van der Waals surface area contributed by atoms with E-state index in [2.05, 4.69) is 37.5 Å². The maximum atomic E-state index is 12.6. The van der Waals surface area contributed by atoms with Crippen LogP contribution in [0.5, 0.6) is 0 Å². The number of hydrogen-bond acceptors (Lipinski definition) is 5. The first-order valence-electron chi connectivity index (χ1n) is 9.53. The van der Waals surface area contributed by atoms with Gasteiger partial charge < -0.3 is 9.47 Å². The van der Waals surface area contributed by atoms with Gasteiger partial charge in [-0.1, -0.05) is 0 Å². The Hall–Kier alpha value is -2.20. The molecule has 0 spiro atoms. The third-order valence-corrected chi connectivity index (χ3v) is 5.24. The van der Waals surface area contributed by atoms with Crippen molar-refractivity contribution in [1.29, 1.82) is 0 Å². The van der Waals surface area contributed by atoms with E-state index < -0.39 is 0 Å². The topological polar surface area (TPSA) is 66.1 Å². The Morgan fingerprint density at radius 2 is 2.12 bits per heavy atom. The number of carbonyl (C=O) groups is 1. The van der Waals surface area contributed by atoms with Crippen LogP contribution in [0, 0.1) is 12.3 Å². The third kappa shape index (κ3) is 4.70. The maximum absolute atomic E-state index is 12.6. The van der Waals surface area contributed by atoms with Gasteiger partial charge in [0.25, 0.3) is 0 Å². The van der Waals surface area contributed by atoms with E-state index in [1.54, 1.807) is 0 Å². The lowest BCUT2D eigenvalue weighted by Crippen LogP contribution is -2.35. The van der Waals surface area contributed by atoms with E-state index >= 15 is 0 Å². The number of nitrogens with zero attached hydrogens (tertiary/aromatic N) is 6. The average Bonchev–Trinajstić information content (AvgIpc) is 3.35. The molecule has 140 valence electrons. The van der Waals surface area contributed by atoms with Gasteiger partial charge in [-0.15, -0.1) is 12.3 Å².